The number of nitrogens with zero attached hydrogens (tertiary/aromatic N) is 6. The molecule has 0 fully saturated rings. The first-order chi connectivity index (χ1) is 17.0. The van der Waals surface area contributed by atoms with Crippen LogP contribution in [-0.2, 0) is 46.7 Å². The lowest BCUT2D eigenvalue weighted by Gasteiger charge is -2.19. The number of hydrogen-bond acceptors (Lipinski definition) is 6. The molecule has 6 bridgehead atoms. The SMILES string of the molecule is Cc1cn2c(=O)n(c1=O)CCCn1c(C)c(c(=O)n(C)c1=O)Cc1c(C)n(c(=O)n(C)c1=O)CCC2. The standard InChI is InChI=1S/C24H30N6O6/c1-14-13-27-8-6-9-28-15(2)17(20(32)25(4)22(28)34)12-18-16(3)29(23(35)26(5)21(18)33)10-7-11-30(19(14)31)24(27)36/h13H,6-12H2,1-5H3. The topological polar surface area (TPSA) is 132 Å². The molecule has 3 aromatic rings. The summed E-state index contributed by atoms with van der Waals surface area (Å²) < 4.78 is 7.51. The van der Waals surface area contributed by atoms with Crippen LogP contribution in [-0.4, -0.2) is 27.4 Å². The van der Waals surface area contributed by atoms with Gasteiger partial charge in [0.1, 0.15) is 0 Å². The second-order valence-electron chi connectivity index (χ2n) is 9.35. The van der Waals surface area contributed by atoms with E-state index in [-0.39, 0.29) is 38.2 Å². The van der Waals surface area contributed by atoms with Gasteiger partial charge in [0.25, 0.3) is 16.7 Å². The van der Waals surface area contributed by atoms with Gasteiger partial charge in [-0.1, -0.05) is 0 Å². The maximum atomic E-state index is 13.1. The third-order valence-electron chi connectivity index (χ3n) is 7.15. The van der Waals surface area contributed by atoms with Crippen molar-refractivity contribution in [3.63, 3.8) is 0 Å². The third kappa shape index (κ3) is 3.95. The van der Waals surface area contributed by atoms with Gasteiger partial charge in [0.15, 0.2) is 0 Å². The average Bonchev–Trinajstić information content (AvgIpc) is 2.84. The van der Waals surface area contributed by atoms with Gasteiger partial charge in [-0.05, 0) is 33.6 Å². The van der Waals surface area contributed by atoms with Crippen LogP contribution < -0.4 is 33.7 Å². The van der Waals surface area contributed by atoms with Crippen LogP contribution >= 0.6 is 0 Å². The van der Waals surface area contributed by atoms with Crippen molar-refractivity contribution in [1.29, 1.82) is 0 Å². The van der Waals surface area contributed by atoms with Crippen molar-refractivity contribution < 1.29 is 0 Å². The first-order valence-electron chi connectivity index (χ1n) is 11.8. The molecule has 4 rings (SSSR count). The molecule has 0 saturated heterocycles. The molecular weight excluding hydrogens is 468 g/mol. The molecule has 4 heterocycles. The first kappa shape index (κ1) is 25.1. The zero-order valence-electron chi connectivity index (χ0n) is 21.2. The highest BCUT2D eigenvalue weighted by atomic mass is 16.2. The van der Waals surface area contributed by atoms with Crippen molar-refractivity contribution in [2.45, 2.75) is 66.2 Å². The molecule has 192 valence electrons. The van der Waals surface area contributed by atoms with Crippen LogP contribution in [0.1, 0.15) is 40.9 Å². The van der Waals surface area contributed by atoms with E-state index in [0.717, 1.165) is 13.7 Å². The molecule has 12 nitrogen and oxygen atoms in total. The number of fused-ring (bicyclic) bond motifs is 6. The zero-order valence-corrected chi connectivity index (χ0v) is 21.2. The van der Waals surface area contributed by atoms with E-state index < -0.39 is 33.7 Å². The Bertz CT molecular complexity index is 1740. The summed E-state index contributed by atoms with van der Waals surface area (Å²) in [5.41, 5.74) is -1.04. The van der Waals surface area contributed by atoms with Gasteiger partial charge in [-0.3, -0.25) is 37.2 Å². The van der Waals surface area contributed by atoms with Crippen LogP contribution in [0.25, 0.3) is 0 Å². The van der Waals surface area contributed by atoms with Gasteiger partial charge in [-0.15, -0.1) is 0 Å². The van der Waals surface area contributed by atoms with E-state index in [4.69, 9.17) is 0 Å². The number of aryl methyl sites for hydroxylation is 2. The summed E-state index contributed by atoms with van der Waals surface area (Å²) in [5.74, 6) is 0. The fraction of sp³-hybridized carbons (Fsp3) is 0.500. The molecule has 1 aliphatic heterocycles. The van der Waals surface area contributed by atoms with Gasteiger partial charge in [0.2, 0.25) is 0 Å². The van der Waals surface area contributed by atoms with Gasteiger partial charge in [-0.25, -0.2) is 14.4 Å². The second-order valence-corrected chi connectivity index (χ2v) is 9.35. The normalized spacial score (nSPS) is 14.1. The lowest BCUT2D eigenvalue weighted by atomic mass is 10.0. The van der Waals surface area contributed by atoms with E-state index in [9.17, 15) is 28.8 Å². The largest absolute Gasteiger partial charge is 0.330 e. The Hall–Kier alpha value is -3.96. The minimum absolute atomic E-state index is 0.0330. The molecule has 3 aromatic heterocycles. The molecule has 0 unspecified atom stereocenters. The molecule has 0 aromatic carbocycles. The molecular formula is C24H30N6O6. The number of hydrogen-bond donors (Lipinski definition) is 0. The van der Waals surface area contributed by atoms with Gasteiger partial charge in [0.05, 0.1) is 0 Å². The monoisotopic (exact) mass is 498 g/mol. The van der Waals surface area contributed by atoms with E-state index in [1.165, 1.54) is 34.0 Å². The van der Waals surface area contributed by atoms with Gasteiger partial charge in [0, 0.05) is 81.0 Å². The van der Waals surface area contributed by atoms with Crippen molar-refractivity contribution in [3.05, 3.63) is 96.8 Å². The highest BCUT2D eigenvalue weighted by Crippen LogP contribution is 2.11. The van der Waals surface area contributed by atoms with Gasteiger partial charge in [-0.2, -0.15) is 0 Å². The van der Waals surface area contributed by atoms with Crippen LogP contribution in [0, 0.1) is 20.8 Å². The van der Waals surface area contributed by atoms with Crippen molar-refractivity contribution in [2.75, 3.05) is 0 Å². The molecule has 0 saturated carbocycles. The lowest BCUT2D eigenvalue weighted by molar-refractivity contribution is 0.459. The second kappa shape index (κ2) is 9.25. The Kier molecular flexibility index (Phi) is 6.46. The fourth-order valence-electron chi connectivity index (χ4n) is 4.92. The molecule has 0 radical (unpaired) electrons. The van der Waals surface area contributed by atoms with Crippen LogP contribution in [0.2, 0.25) is 0 Å². The van der Waals surface area contributed by atoms with Crippen molar-refractivity contribution >= 4 is 0 Å². The summed E-state index contributed by atoms with van der Waals surface area (Å²) in [6.45, 7) is 5.70. The van der Waals surface area contributed by atoms with E-state index in [1.54, 1.807) is 20.8 Å². The summed E-state index contributed by atoms with van der Waals surface area (Å²) in [7, 11) is 2.76. The lowest BCUT2D eigenvalue weighted by Crippen LogP contribution is -2.45. The Morgan fingerprint density at radius 1 is 0.583 bits per heavy atom. The minimum atomic E-state index is -0.522. The molecule has 0 atom stereocenters. The van der Waals surface area contributed by atoms with Crippen LogP contribution in [0.15, 0.2) is 35.0 Å². The summed E-state index contributed by atoms with van der Waals surface area (Å²) in [5, 5.41) is 0. The Labute approximate surface area is 204 Å². The molecule has 0 N–H and O–H groups in total. The molecule has 36 heavy (non-hydrogen) atoms. The zero-order chi connectivity index (χ0) is 26.5. The van der Waals surface area contributed by atoms with Crippen molar-refractivity contribution in [1.82, 2.24) is 27.4 Å². The summed E-state index contributed by atoms with van der Waals surface area (Å²) in [6.07, 6.45) is 2.19. The minimum Gasteiger partial charge on any atom is -0.300 e. The highest BCUT2D eigenvalue weighted by Gasteiger charge is 2.21. The predicted octanol–water partition coefficient (Wildman–Crippen LogP) is -1.26. The summed E-state index contributed by atoms with van der Waals surface area (Å²) >= 11 is 0. The quantitative estimate of drug-likeness (QED) is 0.380. The van der Waals surface area contributed by atoms with E-state index >= 15 is 0 Å². The van der Waals surface area contributed by atoms with Crippen LogP contribution in [0.5, 0.6) is 0 Å². The number of aromatic nitrogens is 6. The fourth-order valence-corrected chi connectivity index (χ4v) is 4.92. The van der Waals surface area contributed by atoms with Crippen LogP contribution in [0.4, 0.5) is 0 Å². The van der Waals surface area contributed by atoms with Crippen molar-refractivity contribution in [3.8, 4) is 0 Å². The Morgan fingerprint density at radius 2 is 1.03 bits per heavy atom. The van der Waals surface area contributed by atoms with E-state index in [1.807, 2.05) is 0 Å². The summed E-state index contributed by atoms with van der Waals surface area (Å²) in [4.78, 5) is 77.7. The van der Waals surface area contributed by atoms with Gasteiger partial charge >= 0.3 is 17.1 Å². The maximum Gasteiger partial charge on any atom is 0.330 e. The smallest absolute Gasteiger partial charge is 0.300 e. The molecule has 12 heteroatoms. The molecule has 0 spiro atoms. The Morgan fingerprint density at radius 3 is 1.53 bits per heavy atom. The highest BCUT2D eigenvalue weighted by molar-refractivity contribution is 5.29. The third-order valence-corrected chi connectivity index (χ3v) is 7.15. The van der Waals surface area contributed by atoms with E-state index in [0.29, 0.717) is 35.4 Å². The Balaban J connectivity index is 2.00. The predicted molar refractivity (Wildman–Crippen MR) is 133 cm³/mol. The van der Waals surface area contributed by atoms with Crippen LogP contribution in [0.3, 0.4) is 0 Å². The molecule has 0 amide bonds. The van der Waals surface area contributed by atoms with E-state index in [2.05, 4.69) is 0 Å². The average molecular weight is 499 g/mol. The first-order valence-corrected chi connectivity index (χ1v) is 11.8. The maximum absolute atomic E-state index is 13.1. The van der Waals surface area contributed by atoms with Crippen molar-refractivity contribution in [2.24, 2.45) is 14.1 Å². The number of rotatable bonds is 0. The molecule has 1 aliphatic rings. The summed E-state index contributed by atoms with van der Waals surface area (Å²) in [6, 6.07) is 0. The molecule has 0 aliphatic carbocycles. The van der Waals surface area contributed by atoms with Gasteiger partial charge < -0.3 is 4.57 Å².